The molecular formula is C20H21N3O5. The number of nitrogens with one attached hydrogen (secondary N) is 2. The van der Waals surface area contributed by atoms with E-state index >= 15 is 0 Å². The average Bonchev–Trinajstić information content (AvgIpc) is 3.37. The number of ether oxygens (including phenoxy) is 3. The van der Waals surface area contributed by atoms with Crippen molar-refractivity contribution < 1.29 is 23.8 Å². The molecule has 8 nitrogen and oxygen atoms in total. The van der Waals surface area contributed by atoms with Gasteiger partial charge >= 0.3 is 6.03 Å². The Balaban J connectivity index is 1.44. The van der Waals surface area contributed by atoms with Gasteiger partial charge in [0.1, 0.15) is 11.8 Å². The SMILES string of the molecule is COc1ccccc1NC(=O)N1CCC[C@@H]1C(=O)Nc1ccc2c(c1)OCO2. The molecule has 1 fully saturated rings. The Bertz CT molecular complexity index is 901. The lowest BCUT2D eigenvalue weighted by Gasteiger charge is -2.24. The molecule has 0 bridgehead atoms. The van der Waals surface area contributed by atoms with Gasteiger partial charge in [0.05, 0.1) is 12.8 Å². The molecule has 0 aromatic heterocycles. The molecule has 0 saturated carbocycles. The number of hydrogen-bond acceptors (Lipinski definition) is 5. The third-order valence-corrected chi connectivity index (χ3v) is 4.80. The van der Waals surface area contributed by atoms with Crippen LogP contribution < -0.4 is 24.8 Å². The minimum Gasteiger partial charge on any atom is -0.495 e. The van der Waals surface area contributed by atoms with Gasteiger partial charge in [-0.1, -0.05) is 12.1 Å². The van der Waals surface area contributed by atoms with Gasteiger partial charge in [-0.3, -0.25) is 4.79 Å². The quantitative estimate of drug-likeness (QED) is 0.847. The number of anilines is 2. The van der Waals surface area contributed by atoms with Crippen LogP contribution >= 0.6 is 0 Å². The highest BCUT2D eigenvalue weighted by Crippen LogP contribution is 2.34. The van der Waals surface area contributed by atoms with E-state index in [1.54, 1.807) is 42.3 Å². The molecule has 1 atom stereocenters. The van der Waals surface area contributed by atoms with E-state index in [0.29, 0.717) is 41.6 Å². The van der Waals surface area contributed by atoms with Crippen LogP contribution in [-0.2, 0) is 4.79 Å². The van der Waals surface area contributed by atoms with Crippen molar-refractivity contribution in [2.24, 2.45) is 0 Å². The predicted molar refractivity (Wildman–Crippen MR) is 103 cm³/mol. The second-order valence-corrected chi connectivity index (χ2v) is 6.54. The maximum atomic E-state index is 12.8. The molecule has 28 heavy (non-hydrogen) atoms. The van der Waals surface area contributed by atoms with Gasteiger partial charge in [0.15, 0.2) is 11.5 Å². The molecule has 0 aliphatic carbocycles. The van der Waals surface area contributed by atoms with Gasteiger partial charge in [-0.2, -0.15) is 0 Å². The van der Waals surface area contributed by atoms with Crippen molar-refractivity contribution in [1.82, 2.24) is 4.90 Å². The van der Waals surface area contributed by atoms with Crippen molar-refractivity contribution >= 4 is 23.3 Å². The summed E-state index contributed by atoms with van der Waals surface area (Å²) >= 11 is 0. The van der Waals surface area contributed by atoms with E-state index in [-0.39, 0.29) is 18.7 Å². The summed E-state index contributed by atoms with van der Waals surface area (Å²) in [6, 6.07) is 11.5. The monoisotopic (exact) mass is 383 g/mol. The van der Waals surface area contributed by atoms with Crippen molar-refractivity contribution in [2.45, 2.75) is 18.9 Å². The lowest BCUT2D eigenvalue weighted by atomic mass is 10.2. The fourth-order valence-corrected chi connectivity index (χ4v) is 3.42. The first-order valence-electron chi connectivity index (χ1n) is 9.07. The van der Waals surface area contributed by atoms with Gasteiger partial charge in [0.2, 0.25) is 12.7 Å². The number of likely N-dealkylation sites (tertiary alicyclic amines) is 1. The van der Waals surface area contributed by atoms with E-state index in [9.17, 15) is 9.59 Å². The van der Waals surface area contributed by atoms with Gasteiger partial charge in [0.25, 0.3) is 0 Å². The average molecular weight is 383 g/mol. The molecule has 2 heterocycles. The molecule has 0 radical (unpaired) electrons. The highest BCUT2D eigenvalue weighted by atomic mass is 16.7. The van der Waals surface area contributed by atoms with Crippen LogP contribution in [0, 0.1) is 0 Å². The first-order valence-corrected chi connectivity index (χ1v) is 9.07. The summed E-state index contributed by atoms with van der Waals surface area (Å²) in [5.74, 6) is 1.58. The van der Waals surface area contributed by atoms with E-state index in [4.69, 9.17) is 14.2 Å². The maximum absolute atomic E-state index is 12.8. The first kappa shape index (κ1) is 18.0. The summed E-state index contributed by atoms with van der Waals surface area (Å²) < 4.78 is 15.9. The van der Waals surface area contributed by atoms with Crippen molar-refractivity contribution in [3.05, 3.63) is 42.5 Å². The molecule has 146 valence electrons. The molecule has 0 spiro atoms. The van der Waals surface area contributed by atoms with Gasteiger partial charge < -0.3 is 29.7 Å². The summed E-state index contributed by atoms with van der Waals surface area (Å²) in [6.45, 7) is 0.687. The number of rotatable bonds is 4. The first-order chi connectivity index (χ1) is 13.7. The zero-order chi connectivity index (χ0) is 19.5. The number of methoxy groups -OCH3 is 1. The van der Waals surface area contributed by atoms with E-state index in [0.717, 1.165) is 6.42 Å². The van der Waals surface area contributed by atoms with E-state index in [1.807, 2.05) is 12.1 Å². The molecule has 2 aliphatic heterocycles. The minimum absolute atomic E-state index is 0.173. The highest BCUT2D eigenvalue weighted by molar-refractivity contribution is 6.00. The molecule has 1 saturated heterocycles. The molecule has 2 aliphatic rings. The fraction of sp³-hybridized carbons (Fsp3) is 0.300. The Labute approximate surface area is 162 Å². The van der Waals surface area contributed by atoms with Crippen LogP contribution in [0.3, 0.4) is 0 Å². The topological polar surface area (TPSA) is 89.1 Å². The Morgan fingerprint density at radius 2 is 1.93 bits per heavy atom. The standard InChI is InChI=1S/C20H21N3O5/c1-26-16-7-3-2-5-14(16)22-20(25)23-10-4-6-15(23)19(24)21-13-8-9-17-18(11-13)28-12-27-17/h2-3,5,7-9,11,15H,4,6,10,12H2,1H3,(H,21,24)(H,22,25)/t15-/m1/s1. The number of para-hydroxylation sites is 2. The lowest BCUT2D eigenvalue weighted by Crippen LogP contribution is -2.45. The number of amides is 3. The second kappa shape index (κ2) is 7.67. The third-order valence-electron chi connectivity index (χ3n) is 4.80. The summed E-state index contributed by atoms with van der Waals surface area (Å²) in [5.41, 5.74) is 1.17. The molecule has 2 aromatic carbocycles. The molecule has 0 unspecified atom stereocenters. The Morgan fingerprint density at radius 1 is 1.11 bits per heavy atom. The van der Waals surface area contributed by atoms with Crippen LogP contribution in [0.25, 0.3) is 0 Å². The Morgan fingerprint density at radius 3 is 2.79 bits per heavy atom. The Hall–Kier alpha value is -3.42. The van der Waals surface area contributed by atoms with Crippen molar-refractivity contribution in [3.8, 4) is 17.2 Å². The third kappa shape index (κ3) is 3.53. The number of hydrogen-bond donors (Lipinski definition) is 2. The van der Waals surface area contributed by atoms with Gasteiger partial charge in [-0.05, 0) is 37.1 Å². The zero-order valence-corrected chi connectivity index (χ0v) is 15.4. The van der Waals surface area contributed by atoms with Crippen molar-refractivity contribution in [1.29, 1.82) is 0 Å². The summed E-state index contributed by atoms with van der Waals surface area (Å²) in [7, 11) is 1.54. The van der Waals surface area contributed by atoms with Crippen LogP contribution in [0.4, 0.5) is 16.2 Å². The smallest absolute Gasteiger partial charge is 0.322 e. The van der Waals surface area contributed by atoms with Crippen LogP contribution in [0.1, 0.15) is 12.8 Å². The van der Waals surface area contributed by atoms with E-state index in [1.165, 1.54) is 0 Å². The van der Waals surface area contributed by atoms with Crippen molar-refractivity contribution in [2.75, 3.05) is 31.1 Å². The summed E-state index contributed by atoms with van der Waals surface area (Å²) in [5, 5.41) is 5.70. The van der Waals surface area contributed by atoms with Gasteiger partial charge in [-0.25, -0.2) is 4.79 Å². The molecule has 2 aromatic rings. The van der Waals surface area contributed by atoms with E-state index < -0.39 is 6.04 Å². The van der Waals surface area contributed by atoms with Gasteiger partial charge in [0, 0.05) is 18.3 Å². The molecular weight excluding hydrogens is 362 g/mol. The minimum atomic E-state index is -0.542. The normalized spacial score (nSPS) is 17.3. The molecule has 8 heteroatoms. The molecule has 4 rings (SSSR count). The number of urea groups is 1. The number of carbonyl (C=O) groups is 2. The number of fused-ring (bicyclic) bond motifs is 1. The van der Waals surface area contributed by atoms with Crippen LogP contribution in [0.15, 0.2) is 42.5 Å². The number of benzene rings is 2. The number of nitrogens with zero attached hydrogens (tertiary/aromatic N) is 1. The summed E-state index contributed by atoms with van der Waals surface area (Å²) in [4.78, 5) is 27.1. The number of carbonyl (C=O) groups excluding carboxylic acids is 2. The van der Waals surface area contributed by atoms with Gasteiger partial charge in [-0.15, -0.1) is 0 Å². The van der Waals surface area contributed by atoms with Crippen LogP contribution in [0.2, 0.25) is 0 Å². The predicted octanol–water partition coefficient (Wildman–Crippen LogP) is 3.06. The molecule has 3 amide bonds. The van der Waals surface area contributed by atoms with Crippen molar-refractivity contribution in [3.63, 3.8) is 0 Å². The van der Waals surface area contributed by atoms with E-state index in [2.05, 4.69) is 10.6 Å². The summed E-state index contributed by atoms with van der Waals surface area (Å²) in [6.07, 6.45) is 1.37. The fourth-order valence-electron chi connectivity index (χ4n) is 3.42. The van der Waals surface area contributed by atoms with Crippen LogP contribution in [-0.4, -0.2) is 43.3 Å². The zero-order valence-electron chi connectivity index (χ0n) is 15.4. The highest BCUT2D eigenvalue weighted by Gasteiger charge is 2.34. The Kier molecular flexibility index (Phi) is 4.92. The lowest BCUT2D eigenvalue weighted by molar-refractivity contribution is -0.119. The van der Waals surface area contributed by atoms with Crippen LogP contribution in [0.5, 0.6) is 17.2 Å². The second-order valence-electron chi connectivity index (χ2n) is 6.54. The largest absolute Gasteiger partial charge is 0.495 e. The molecule has 2 N–H and O–H groups in total. The maximum Gasteiger partial charge on any atom is 0.322 e.